The Hall–Kier alpha value is -1.56. The van der Waals surface area contributed by atoms with Gasteiger partial charge in [-0.15, -0.1) is 11.6 Å². The van der Waals surface area contributed by atoms with E-state index in [1.807, 2.05) is 0 Å². The van der Waals surface area contributed by atoms with Crippen LogP contribution in [0.25, 0.3) is 0 Å². The van der Waals surface area contributed by atoms with E-state index >= 15 is 0 Å². The van der Waals surface area contributed by atoms with E-state index in [4.69, 9.17) is 11.6 Å². The maximum absolute atomic E-state index is 12.3. The first-order valence-corrected chi connectivity index (χ1v) is 5.65. The Kier molecular flexibility index (Phi) is 5.15. The lowest BCUT2D eigenvalue weighted by Gasteiger charge is -2.21. The van der Waals surface area contributed by atoms with Crippen LogP contribution in [-0.4, -0.2) is 46.4 Å². The van der Waals surface area contributed by atoms with E-state index in [-0.39, 0.29) is 18.0 Å². The Morgan fingerprint density at radius 3 is 2.61 bits per heavy atom. The van der Waals surface area contributed by atoms with Crippen molar-refractivity contribution in [3.63, 3.8) is 0 Å². The van der Waals surface area contributed by atoms with Crippen LogP contribution in [-0.2, 0) is 0 Å². The standard InChI is InChI=1S/C11H12ClF2NO3/c12-4-5-15(6-9(13)14)11(18)7-2-1-3-8(16)10(7)17/h1-3,9,16-17H,4-6H2. The summed E-state index contributed by atoms with van der Waals surface area (Å²) in [6.45, 7) is -0.847. The van der Waals surface area contributed by atoms with Crippen molar-refractivity contribution >= 4 is 17.5 Å². The Morgan fingerprint density at radius 1 is 1.39 bits per heavy atom. The predicted octanol–water partition coefficient (Wildman–Crippen LogP) is 2.04. The molecule has 0 spiro atoms. The molecule has 1 amide bonds. The third-order valence-corrected chi connectivity index (χ3v) is 2.41. The van der Waals surface area contributed by atoms with Crippen LogP contribution in [0.2, 0.25) is 0 Å². The lowest BCUT2D eigenvalue weighted by atomic mass is 10.1. The highest BCUT2D eigenvalue weighted by Crippen LogP contribution is 2.29. The van der Waals surface area contributed by atoms with Gasteiger partial charge in [0.05, 0.1) is 12.1 Å². The summed E-state index contributed by atoms with van der Waals surface area (Å²) < 4.78 is 24.6. The van der Waals surface area contributed by atoms with Gasteiger partial charge in [-0.05, 0) is 12.1 Å². The van der Waals surface area contributed by atoms with E-state index in [2.05, 4.69) is 0 Å². The van der Waals surface area contributed by atoms with Crippen LogP contribution in [0.4, 0.5) is 8.78 Å². The van der Waals surface area contributed by atoms with Crippen LogP contribution in [0, 0.1) is 0 Å². The van der Waals surface area contributed by atoms with Crippen LogP contribution in [0.1, 0.15) is 10.4 Å². The minimum atomic E-state index is -2.70. The normalized spacial score (nSPS) is 10.7. The molecular weight excluding hydrogens is 268 g/mol. The number of hydrogen-bond donors (Lipinski definition) is 2. The highest BCUT2D eigenvalue weighted by atomic mass is 35.5. The fourth-order valence-corrected chi connectivity index (χ4v) is 1.62. The maximum atomic E-state index is 12.3. The third kappa shape index (κ3) is 3.46. The number of aromatic hydroxyl groups is 2. The van der Waals surface area contributed by atoms with Crippen LogP contribution >= 0.6 is 11.6 Å². The molecule has 4 nitrogen and oxygen atoms in total. The number of nitrogens with zero attached hydrogens (tertiary/aromatic N) is 1. The molecule has 0 aromatic heterocycles. The number of amides is 1. The third-order valence-electron chi connectivity index (χ3n) is 2.25. The molecule has 2 N–H and O–H groups in total. The van der Waals surface area contributed by atoms with Gasteiger partial charge in [0.25, 0.3) is 12.3 Å². The quantitative estimate of drug-likeness (QED) is 0.640. The van der Waals surface area contributed by atoms with Gasteiger partial charge in [-0.2, -0.15) is 0 Å². The average molecular weight is 280 g/mol. The SMILES string of the molecule is O=C(c1cccc(O)c1O)N(CCCl)CC(F)F. The maximum Gasteiger partial charge on any atom is 0.257 e. The first-order valence-electron chi connectivity index (χ1n) is 5.11. The van der Waals surface area contributed by atoms with E-state index < -0.39 is 30.4 Å². The predicted molar refractivity (Wildman–Crippen MR) is 62.4 cm³/mol. The van der Waals surface area contributed by atoms with Gasteiger partial charge < -0.3 is 15.1 Å². The molecule has 0 aliphatic carbocycles. The minimum absolute atomic E-state index is 0.00195. The van der Waals surface area contributed by atoms with Crippen molar-refractivity contribution in [1.82, 2.24) is 4.90 Å². The first-order chi connectivity index (χ1) is 8.47. The molecule has 7 heteroatoms. The van der Waals surface area contributed by atoms with Crippen LogP contribution in [0.3, 0.4) is 0 Å². The van der Waals surface area contributed by atoms with Gasteiger partial charge in [0, 0.05) is 12.4 Å². The summed E-state index contributed by atoms with van der Waals surface area (Å²) in [7, 11) is 0. The van der Waals surface area contributed by atoms with Crippen molar-refractivity contribution in [3.05, 3.63) is 23.8 Å². The molecule has 0 unspecified atom stereocenters. The van der Waals surface area contributed by atoms with Crippen molar-refractivity contribution < 1.29 is 23.8 Å². The van der Waals surface area contributed by atoms with Gasteiger partial charge in [-0.25, -0.2) is 8.78 Å². The molecule has 0 saturated heterocycles. The molecule has 0 fully saturated rings. The lowest BCUT2D eigenvalue weighted by molar-refractivity contribution is 0.0568. The highest BCUT2D eigenvalue weighted by molar-refractivity contribution is 6.18. The summed E-state index contributed by atoms with van der Waals surface area (Å²) in [6.07, 6.45) is -2.70. The monoisotopic (exact) mass is 279 g/mol. The summed E-state index contributed by atoms with van der Waals surface area (Å²) in [6, 6.07) is 3.76. The van der Waals surface area contributed by atoms with Gasteiger partial charge in [-0.3, -0.25) is 4.79 Å². The van der Waals surface area contributed by atoms with Crippen LogP contribution < -0.4 is 0 Å². The van der Waals surface area contributed by atoms with E-state index in [9.17, 15) is 23.8 Å². The summed E-state index contributed by atoms with van der Waals surface area (Å²) in [5, 5.41) is 18.7. The Labute approximate surface area is 107 Å². The largest absolute Gasteiger partial charge is 0.504 e. The first kappa shape index (κ1) is 14.5. The smallest absolute Gasteiger partial charge is 0.257 e. The van der Waals surface area contributed by atoms with E-state index in [0.717, 1.165) is 4.90 Å². The zero-order valence-corrected chi connectivity index (χ0v) is 10.1. The van der Waals surface area contributed by atoms with Gasteiger partial charge >= 0.3 is 0 Å². The number of para-hydroxylation sites is 1. The summed E-state index contributed by atoms with van der Waals surface area (Å²) in [5.74, 6) is -1.91. The van der Waals surface area contributed by atoms with E-state index in [1.54, 1.807) is 0 Å². The van der Waals surface area contributed by atoms with Crippen molar-refractivity contribution in [2.24, 2.45) is 0 Å². The molecule has 0 heterocycles. The Balaban J connectivity index is 2.98. The summed E-state index contributed by atoms with van der Waals surface area (Å²) in [5.41, 5.74) is -0.235. The second-order valence-electron chi connectivity index (χ2n) is 3.50. The van der Waals surface area contributed by atoms with Crippen molar-refractivity contribution in [2.45, 2.75) is 6.43 Å². The summed E-state index contributed by atoms with van der Waals surface area (Å²) >= 11 is 5.43. The van der Waals surface area contributed by atoms with Crippen molar-refractivity contribution in [1.29, 1.82) is 0 Å². The fraction of sp³-hybridized carbons (Fsp3) is 0.364. The molecule has 1 rings (SSSR count). The number of benzene rings is 1. The average Bonchev–Trinajstić information content (AvgIpc) is 2.31. The van der Waals surface area contributed by atoms with Crippen LogP contribution in [0.15, 0.2) is 18.2 Å². The molecular formula is C11H12ClF2NO3. The number of hydrogen-bond acceptors (Lipinski definition) is 3. The number of alkyl halides is 3. The molecule has 0 aliphatic rings. The van der Waals surface area contributed by atoms with Gasteiger partial charge in [0.1, 0.15) is 0 Å². The minimum Gasteiger partial charge on any atom is -0.504 e. The molecule has 1 aromatic rings. The second-order valence-corrected chi connectivity index (χ2v) is 3.88. The zero-order valence-electron chi connectivity index (χ0n) is 9.31. The summed E-state index contributed by atoms with van der Waals surface area (Å²) in [4.78, 5) is 12.7. The van der Waals surface area contributed by atoms with Crippen LogP contribution in [0.5, 0.6) is 11.5 Å². The number of carbonyl (C=O) groups is 1. The molecule has 0 atom stereocenters. The fourth-order valence-electron chi connectivity index (χ4n) is 1.42. The molecule has 0 aliphatic heterocycles. The van der Waals surface area contributed by atoms with Gasteiger partial charge in [0.15, 0.2) is 11.5 Å². The van der Waals surface area contributed by atoms with E-state index in [1.165, 1.54) is 18.2 Å². The lowest BCUT2D eigenvalue weighted by Crippen LogP contribution is -2.36. The number of phenols is 2. The Bertz CT molecular complexity index is 429. The zero-order chi connectivity index (χ0) is 13.7. The Morgan fingerprint density at radius 2 is 2.06 bits per heavy atom. The molecule has 0 saturated carbocycles. The van der Waals surface area contributed by atoms with Crippen molar-refractivity contribution in [2.75, 3.05) is 19.0 Å². The molecule has 100 valence electrons. The van der Waals surface area contributed by atoms with E-state index in [0.29, 0.717) is 0 Å². The van der Waals surface area contributed by atoms with Gasteiger partial charge in [0.2, 0.25) is 0 Å². The topological polar surface area (TPSA) is 60.8 Å². The molecule has 0 radical (unpaired) electrons. The van der Waals surface area contributed by atoms with Gasteiger partial charge in [-0.1, -0.05) is 6.07 Å². The second kappa shape index (κ2) is 6.39. The molecule has 0 bridgehead atoms. The number of phenolic OH excluding ortho intramolecular Hbond substituents is 2. The number of rotatable bonds is 5. The number of halogens is 3. The highest BCUT2D eigenvalue weighted by Gasteiger charge is 2.22. The molecule has 1 aromatic carbocycles. The van der Waals surface area contributed by atoms with Crippen molar-refractivity contribution in [3.8, 4) is 11.5 Å². The molecule has 18 heavy (non-hydrogen) atoms. The number of carbonyl (C=O) groups excluding carboxylic acids is 1.